The number of likely N-dealkylation sites (tertiary alicyclic amines) is 1. The number of carbonyl (C=O) groups is 2. The van der Waals surface area contributed by atoms with Gasteiger partial charge in [-0.3, -0.25) is 4.79 Å². The van der Waals surface area contributed by atoms with Gasteiger partial charge < -0.3 is 16.0 Å². The molecule has 0 atom stereocenters. The van der Waals surface area contributed by atoms with E-state index in [0.29, 0.717) is 42.4 Å². The molecule has 2 rings (SSSR count). The van der Waals surface area contributed by atoms with Crippen LogP contribution in [0, 0.1) is 11.3 Å². The lowest BCUT2D eigenvalue weighted by Gasteiger charge is -2.37. The number of primary amides is 1. The van der Waals surface area contributed by atoms with Gasteiger partial charge in [0.05, 0.1) is 16.1 Å². The molecule has 0 radical (unpaired) electrons. The summed E-state index contributed by atoms with van der Waals surface area (Å²) in [6.45, 7) is 0.714. The van der Waals surface area contributed by atoms with Crippen LogP contribution in [-0.2, 0) is 11.2 Å². The quantitative estimate of drug-likeness (QED) is 0.853. The summed E-state index contributed by atoms with van der Waals surface area (Å²) in [7, 11) is 0. The van der Waals surface area contributed by atoms with Gasteiger partial charge in [0.2, 0.25) is 5.91 Å². The number of hydrogen-bond donors (Lipinski definition) is 2. The highest BCUT2D eigenvalue weighted by Gasteiger charge is 2.36. The molecule has 0 aliphatic carbocycles. The maximum Gasteiger partial charge on any atom is 0.314 e. The minimum absolute atomic E-state index is 0.213. The van der Waals surface area contributed by atoms with Gasteiger partial charge in [-0.2, -0.15) is 5.26 Å². The fourth-order valence-electron chi connectivity index (χ4n) is 2.66. The van der Waals surface area contributed by atoms with Crippen molar-refractivity contribution < 1.29 is 9.59 Å². The zero-order chi connectivity index (χ0) is 17.7. The normalized spacial score (nSPS) is 16.3. The van der Waals surface area contributed by atoms with Crippen LogP contribution in [0.4, 0.5) is 4.79 Å². The molecule has 1 aromatic rings. The molecule has 0 aromatic heterocycles. The van der Waals surface area contributed by atoms with Crippen molar-refractivity contribution in [3.63, 3.8) is 0 Å². The largest absolute Gasteiger partial charge is 0.351 e. The second-order valence-corrected chi connectivity index (χ2v) is 6.63. The fraction of sp³-hybridized carbons (Fsp3) is 0.438. The van der Waals surface area contributed by atoms with E-state index in [9.17, 15) is 14.9 Å². The number of carbonyl (C=O) groups excluding carboxylic acids is 2. The molecule has 1 fully saturated rings. The first-order valence-corrected chi connectivity index (χ1v) is 8.31. The second-order valence-electron chi connectivity index (χ2n) is 5.82. The number of nitrogens with one attached hydrogen (secondary N) is 1. The van der Waals surface area contributed by atoms with Gasteiger partial charge in [0.15, 0.2) is 0 Å². The van der Waals surface area contributed by atoms with Crippen LogP contribution in [0.1, 0.15) is 24.8 Å². The van der Waals surface area contributed by atoms with Gasteiger partial charge in [0.1, 0.15) is 5.54 Å². The Bertz CT molecular complexity index is 679. The van der Waals surface area contributed by atoms with Crippen molar-refractivity contribution in [2.75, 3.05) is 13.1 Å². The van der Waals surface area contributed by atoms with Gasteiger partial charge in [-0.25, -0.2) is 4.79 Å². The Morgan fingerprint density at radius 2 is 1.96 bits per heavy atom. The molecule has 0 bridgehead atoms. The molecule has 0 unspecified atom stereocenters. The van der Waals surface area contributed by atoms with Crippen LogP contribution < -0.4 is 11.1 Å². The lowest BCUT2D eigenvalue weighted by molar-refractivity contribution is -0.122. The summed E-state index contributed by atoms with van der Waals surface area (Å²) in [6, 6.07) is 6.89. The molecular formula is C16H18Cl2N4O2. The number of benzene rings is 1. The molecule has 128 valence electrons. The van der Waals surface area contributed by atoms with Gasteiger partial charge in [0, 0.05) is 32.4 Å². The Labute approximate surface area is 150 Å². The molecule has 0 spiro atoms. The van der Waals surface area contributed by atoms with Crippen molar-refractivity contribution in [1.82, 2.24) is 10.2 Å². The van der Waals surface area contributed by atoms with E-state index in [1.165, 1.54) is 4.90 Å². The summed E-state index contributed by atoms with van der Waals surface area (Å²) in [6.07, 6.45) is 1.47. The molecule has 1 heterocycles. The van der Waals surface area contributed by atoms with Crippen LogP contribution in [-0.4, -0.2) is 35.5 Å². The Balaban J connectivity index is 1.89. The molecule has 0 saturated carbocycles. The summed E-state index contributed by atoms with van der Waals surface area (Å²) in [5, 5.41) is 13.1. The number of amides is 3. The van der Waals surface area contributed by atoms with Crippen LogP contribution in [0.25, 0.3) is 0 Å². The summed E-state index contributed by atoms with van der Waals surface area (Å²) >= 11 is 11.8. The first-order valence-electron chi connectivity index (χ1n) is 7.56. The van der Waals surface area contributed by atoms with E-state index >= 15 is 0 Å². The van der Waals surface area contributed by atoms with E-state index in [1.807, 2.05) is 6.07 Å². The summed E-state index contributed by atoms with van der Waals surface area (Å²) in [4.78, 5) is 24.8. The number of nitrogens with zero attached hydrogens (tertiary/aromatic N) is 2. The number of aryl methyl sites for hydroxylation is 1. The van der Waals surface area contributed by atoms with E-state index in [1.54, 1.807) is 12.1 Å². The van der Waals surface area contributed by atoms with Gasteiger partial charge in [-0.15, -0.1) is 0 Å². The zero-order valence-corrected chi connectivity index (χ0v) is 14.5. The number of piperidine rings is 1. The Hall–Kier alpha value is -1.97. The van der Waals surface area contributed by atoms with Crippen molar-refractivity contribution in [2.24, 2.45) is 5.73 Å². The van der Waals surface area contributed by atoms with E-state index in [2.05, 4.69) is 11.4 Å². The topological polar surface area (TPSA) is 99.2 Å². The Kier molecular flexibility index (Phi) is 5.92. The third kappa shape index (κ3) is 4.53. The highest BCUT2D eigenvalue weighted by molar-refractivity contribution is 6.42. The Morgan fingerprint density at radius 1 is 1.29 bits per heavy atom. The predicted octanol–water partition coefficient (Wildman–Crippen LogP) is 2.48. The number of urea groups is 1. The smallest absolute Gasteiger partial charge is 0.314 e. The molecular weight excluding hydrogens is 351 g/mol. The van der Waals surface area contributed by atoms with E-state index in [0.717, 1.165) is 5.56 Å². The molecule has 1 saturated heterocycles. The van der Waals surface area contributed by atoms with Crippen LogP contribution in [0.2, 0.25) is 10.0 Å². The third-order valence-corrected chi connectivity index (χ3v) is 4.89. The zero-order valence-electron chi connectivity index (χ0n) is 13.0. The second kappa shape index (κ2) is 7.73. The van der Waals surface area contributed by atoms with Crippen LogP contribution in [0.5, 0.6) is 0 Å². The number of nitriles is 1. The van der Waals surface area contributed by atoms with Crippen molar-refractivity contribution >= 4 is 35.1 Å². The van der Waals surface area contributed by atoms with Gasteiger partial charge >= 0.3 is 6.03 Å². The van der Waals surface area contributed by atoms with E-state index < -0.39 is 11.6 Å². The van der Waals surface area contributed by atoms with Crippen LogP contribution >= 0.6 is 23.2 Å². The molecule has 24 heavy (non-hydrogen) atoms. The van der Waals surface area contributed by atoms with Crippen molar-refractivity contribution in [2.45, 2.75) is 31.2 Å². The molecule has 3 amide bonds. The Morgan fingerprint density at radius 3 is 2.50 bits per heavy atom. The van der Waals surface area contributed by atoms with E-state index in [-0.39, 0.29) is 12.3 Å². The standard InChI is InChI=1S/C16H18Cl2N4O2/c17-12-3-1-11(9-13(12)18)2-4-14(23)21-16(10-19)5-7-22(8-6-16)15(20)24/h1,3,9H,2,4-8H2,(H2,20,24)(H,21,23). The predicted molar refractivity (Wildman–Crippen MR) is 91.7 cm³/mol. The summed E-state index contributed by atoms with van der Waals surface area (Å²) in [5.41, 5.74) is 5.18. The molecule has 8 heteroatoms. The highest BCUT2D eigenvalue weighted by Crippen LogP contribution is 2.24. The first-order chi connectivity index (χ1) is 11.3. The SMILES string of the molecule is N#CC1(NC(=O)CCc2ccc(Cl)c(Cl)c2)CCN(C(N)=O)CC1. The first kappa shape index (κ1) is 18.4. The molecule has 6 nitrogen and oxygen atoms in total. The molecule has 3 N–H and O–H groups in total. The van der Waals surface area contributed by atoms with Crippen molar-refractivity contribution in [1.29, 1.82) is 5.26 Å². The van der Waals surface area contributed by atoms with E-state index in [4.69, 9.17) is 28.9 Å². The molecule has 1 aliphatic heterocycles. The fourth-order valence-corrected chi connectivity index (χ4v) is 2.98. The highest BCUT2D eigenvalue weighted by atomic mass is 35.5. The van der Waals surface area contributed by atoms with Crippen molar-refractivity contribution in [3.8, 4) is 6.07 Å². The summed E-state index contributed by atoms with van der Waals surface area (Å²) < 4.78 is 0. The number of nitrogens with two attached hydrogens (primary N) is 1. The molecule has 1 aromatic carbocycles. The van der Waals surface area contributed by atoms with Gasteiger partial charge in [-0.05, 0) is 24.1 Å². The van der Waals surface area contributed by atoms with Crippen LogP contribution in [0.15, 0.2) is 18.2 Å². The number of rotatable bonds is 4. The average Bonchev–Trinajstić information content (AvgIpc) is 2.56. The monoisotopic (exact) mass is 368 g/mol. The van der Waals surface area contributed by atoms with Gasteiger partial charge in [0.25, 0.3) is 0 Å². The van der Waals surface area contributed by atoms with Crippen molar-refractivity contribution in [3.05, 3.63) is 33.8 Å². The lowest BCUT2D eigenvalue weighted by atomic mass is 9.88. The maximum absolute atomic E-state index is 12.2. The minimum atomic E-state index is -0.944. The van der Waals surface area contributed by atoms with Crippen LogP contribution in [0.3, 0.4) is 0 Å². The summed E-state index contributed by atoms with van der Waals surface area (Å²) in [5.74, 6) is -0.213. The maximum atomic E-state index is 12.2. The third-order valence-electron chi connectivity index (χ3n) is 4.15. The lowest BCUT2D eigenvalue weighted by Crippen LogP contribution is -2.56. The molecule has 1 aliphatic rings. The van der Waals surface area contributed by atoms with Gasteiger partial charge in [-0.1, -0.05) is 29.3 Å². The number of halogens is 2. The average molecular weight is 369 g/mol. The number of hydrogen-bond acceptors (Lipinski definition) is 3. The minimum Gasteiger partial charge on any atom is -0.351 e.